The molecule has 2 aromatic rings. The molecule has 1 N–H and O–H groups in total. The van der Waals surface area contributed by atoms with E-state index in [-0.39, 0.29) is 12.4 Å². The van der Waals surface area contributed by atoms with Gasteiger partial charge >= 0.3 is 5.97 Å². The molecule has 6 heteroatoms. The Morgan fingerprint density at radius 1 is 1.31 bits per heavy atom. The molecule has 1 aromatic carbocycles. The maximum absolute atomic E-state index is 11.6. The van der Waals surface area contributed by atoms with Gasteiger partial charge < -0.3 is 4.74 Å². The molecule has 6 nitrogen and oxygen atoms in total. The van der Waals surface area contributed by atoms with Gasteiger partial charge in [-0.2, -0.15) is 15.4 Å². The second-order valence-electron chi connectivity index (χ2n) is 3.23. The summed E-state index contributed by atoms with van der Waals surface area (Å²) in [5, 5.41) is 10.2. The summed E-state index contributed by atoms with van der Waals surface area (Å²) >= 11 is 0. The van der Waals surface area contributed by atoms with Crippen molar-refractivity contribution in [2.75, 3.05) is 6.61 Å². The first-order chi connectivity index (χ1) is 7.66. The molecule has 0 spiro atoms. The molecule has 0 saturated carbocycles. The third-order valence-electron chi connectivity index (χ3n) is 2.04. The zero-order valence-corrected chi connectivity index (χ0v) is 8.56. The van der Waals surface area contributed by atoms with Crippen LogP contribution in [0.4, 0.5) is 0 Å². The van der Waals surface area contributed by atoms with Gasteiger partial charge in [0, 0.05) is 12.5 Å². The number of ether oxygens (including phenoxy) is 1. The number of aromatic amines is 1. The highest BCUT2D eigenvalue weighted by Gasteiger charge is 2.09. The van der Waals surface area contributed by atoms with Gasteiger partial charge in [0.2, 0.25) is 0 Å². The second-order valence-corrected chi connectivity index (χ2v) is 3.23. The molecule has 1 aromatic heterocycles. The van der Waals surface area contributed by atoms with Gasteiger partial charge in [0.25, 0.3) is 0 Å². The van der Waals surface area contributed by atoms with E-state index in [1.54, 1.807) is 18.2 Å². The maximum atomic E-state index is 11.6. The van der Waals surface area contributed by atoms with E-state index >= 15 is 0 Å². The van der Waals surface area contributed by atoms with Crippen molar-refractivity contribution in [3.05, 3.63) is 23.8 Å². The van der Waals surface area contributed by atoms with Crippen LogP contribution in [0.3, 0.4) is 0 Å². The first kappa shape index (κ1) is 10.3. The number of fused-ring (bicyclic) bond motifs is 1. The van der Waals surface area contributed by atoms with Crippen LogP contribution in [0, 0.1) is 0 Å². The molecule has 0 atom stereocenters. The van der Waals surface area contributed by atoms with E-state index in [2.05, 4.69) is 20.1 Å². The molecule has 82 valence electrons. The summed E-state index contributed by atoms with van der Waals surface area (Å²) in [4.78, 5) is 22.1. The second kappa shape index (κ2) is 4.09. The van der Waals surface area contributed by atoms with Crippen LogP contribution < -0.4 is 0 Å². The molecule has 2 rings (SSSR count). The Balaban J connectivity index is 2.19. The Morgan fingerprint density at radius 3 is 2.81 bits per heavy atom. The molecule has 1 heterocycles. The molecule has 0 aliphatic heterocycles. The predicted molar refractivity (Wildman–Crippen MR) is 54.9 cm³/mol. The van der Waals surface area contributed by atoms with Crippen LogP contribution in [0.15, 0.2) is 18.2 Å². The van der Waals surface area contributed by atoms with E-state index in [1.165, 1.54) is 6.92 Å². The normalized spacial score (nSPS) is 10.3. The molecular weight excluding hydrogens is 210 g/mol. The van der Waals surface area contributed by atoms with E-state index in [1.807, 2.05) is 0 Å². The molecule has 0 radical (unpaired) electrons. The topological polar surface area (TPSA) is 84.9 Å². The Morgan fingerprint density at radius 2 is 2.06 bits per heavy atom. The molecular formula is C10H9N3O3. The first-order valence-corrected chi connectivity index (χ1v) is 4.64. The fourth-order valence-corrected chi connectivity index (χ4v) is 1.26. The Bertz CT molecular complexity index is 547. The summed E-state index contributed by atoms with van der Waals surface area (Å²) in [6.45, 7) is 1.01. The summed E-state index contributed by atoms with van der Waals surface area (Å²) in [6.07, 6.45) is 0. The van der Waals surface area contributed by atoms with Crippen molar-refractivity contribution < 1.29 is 14.3 Å². The molecule has 0 saturated heterocycles. The highest BCUT2D eigenvalue weighted by Crippen LogP contribution is 2.11. The number of esters is 1. The van der Waals surface area contributed by atoms with Gasteiger partial charge in [0.1, 0.15) is 11.0 Å². The molecule has 0 unspecified atom stereocenters. The Kier molecular flexibility index (Phi) is 2.63. The van der Waals surface area contributed by atoms with Crippen molar-refractivity contribution in [1.29, 1.82) is 0 Å². The lowest BCUT2D eigenvalue weighted by Gasteiger charge is -2.00. The number of nitrogens with one attached hydrogen (secondary N) is 1. The van der Waals surface area contributed by atoms with Crippen molar-refractivity contribution in [1.82, 2.24) is 15.4 Å². The van der Waals surface area contributed by atoms with E-state index in [0.29, 0.717) is 16.6 Å². The number of carbonyl (C=O) groups is 2. The number of aromatic nitrogens is 3. The van der Waals surface area contributed by atoms with Crippen LogP contribution in [0.25, 0.3) is 11.0 Å². The van der Waals surface area contributed by atoms with Crippen LogP contribution in [0.2, 0.25) is 0 Å². The minimum atomic E-state index is -0.476. The van der Waals surface area contributed by atoms with Gasteiger partial charge in [-0.3, -0.25) is 9.59 Å². The number of carbonyl (C=O) groups excluding carboxylic acids is 2. The standard InChI is InChI=1S/C10H9N3O3/c1-6(14)16-5-10(15)7-2-3-8-9(4-7)12-13-11-8/h2-4H,5H2,1H3,(H,11,12,13). The monoisotopic (exact) mass is 219 g/mol. The van der Waals surface area contributed by atoms with Gasteiger partial charge in [-0.25, -0.2) is 0 Å². The van der Waals surface area contributed by atoms with Gasteiger partial charge in [0.15, 0.2) is 12.4 Å². The van der Waals surface area contributed by atoms with Gasteiger partial charge in [0.05, 0.1) is 0 Å². The zero-order chi connectivity index (χ0) is 11.5. The van der Waals surface area contributed by atoms with Gasteiger partial charge in [-0.1, -0.05) is 0 Å². The predicted octanol–water partition coefficient (Wildman–Crippen LogP) is 0.704. The summed E-state index contributed by atoms with van der Waals surface area (Å²) in [7, 11) is 0. The fraction of sp³-hybridized carbons (Fsp3) is 0.200. The molecule has 0 aliphatic rings. The van der Waals surface area contributed by atoms with Crippen LogP contribution in [0.1, 0.15) is 17.3 Å². The number of hydrogen-bond acceptors (Lipinski definition) is 5. The minimum Gasteiger partial charge on any atom is -0.457 e. The number of benzene rings is 1. The average molecular weight is 219 g/mol. The number of hydrogen-bond donors (Lipinski definition) is 1. The first-order valence-electron chi connectivity index (χ1n) is 4.64. The fourth-order valence-electron chi connectivity index (χ4n) is 1.26. The van der Waals surface area contributed by atoms with Gasteiger partial charge in [-0.15, -0.1) is 0 Å². The molecule has 0 fully saturated rings. The Hall–Kier alpha value is -2.24. The van der Waals surface area contributed by atoms with Crippen LogP contribution >= 0.6 is 0 Å². The highest BCUT2D eigenvalue weighted by atomic mass is 16.5. The van der Waals surface area contributed by atoms with Crippen LogP contribution in [0.5, 0.6) is 0 Å². The van der Waals surface area contributed by atoms with E-state index in [4.69, 9.17) is 0 Å². The average Bonchev–Trinajstić information content (AvgIpc) is 2.72. The van der Waals surface area contributed by atoms with Crippen LogP contribution in [-0.4, -0.2) is 33.8 Å². The SMILES string of the molecule is CC(=O)OCC(=O)c1ccc2n[nH]nc2c1. The van der Waals surface area contributed by atoms with Gasteiger partial charge in [-0.05, 0) is 18.2 Å². The molecule has 16 heavy (non-hydrogen) atoms. The summed E-state index contributed by atoms with van der Waals surface area (Å²) in [5.41, 5.74) is 1.74. The lowest BCUT2D eigenvalue weighted by Crippen LogP contribution is -2.11. The molecule has 0 amide bonds. The largest absolute Gasteiger partial charge is 0.457 e. The Labute approximate surface area is 90.6 Å². The van der Waals surface area contributed by atoms with E-state index in [0.717, 1.165) is 0 Å². The summed E-state index contributed by atoms with van der Waals surface area (Å²) < 4.78 is 4.62. The zero-order valence-electron chi connectivity index (χ0n) is 8.56. The van der Waals surface area contributed by atoms with E-state index in [9.17, 15) is 9.59 Å². The lowest BCUT2D eigenvalue weighted by molar-refractivity contribution is -0.139. The third-order valence-corrected chi connectivity index (χ3v) is 2.04. The quantitative estimate of drug-likeness (QED) is 0.606. The molecule has 0 aliphatic carbocycles. The van der Waals surface area contributed by atoms with Crippen molar-refractivity contribution in [2.45, 2.75) is 6.92 Å². The number of H-pyrrole nitrogens is 1. The number of ketones is 1. The smallest absolute Gasteiger partial charge is 0.303 e. The van der Waals surface area contributed by atoms with Crippen molar-refractivity contribution in [3.63, 3.8) is 0 Å². The molecule has 0 bridgehead atoms. The lowest BCUT2D eigenvalue weighted by atomic mass is 10.1. The van der Waals surface area contributed by atoms with Crippen LogP contribution in [-0.2, 0) is 9.53 Å². The summed E-state index contributed by atoms with van der Waals surface area (Å²) in [5.74, 6) is -0.740. The number of Topliss-reactive ketones (excluding diaryl/α,β-unsaturated/α-hetero) is 1. The van der Waals surface area contributed by atoms with E-state index < -0.39 is 5.97 Å². The number of nitrogens with zero attached hydrogens (tertiary/aromatic N) is 2. The third kappa shape index (κ3) is 2.05. The van der Waals surface area contributed by atoms with Crippen molar-refractivity contribution in [2.24, 2.45) is 0 Å². The maximum Gasteiger partial charge on any atom is 0.303 e. The summed E-state index contributed by atoms with van der Waals surface area (Å²) in [6, 6.07) is 4.90. The number of rotatable bonds is 3. The van der Waals surface area contributed by atoms with Crippen molar-refractivity contribution >= 4 is 22.8 Å². The van der Waals surface area contributed by atoms with Crippen molar-refractivity contribution in [3.8, 4) is 0 Å². The highest BCUT2D eigenvalue weighted by molar-refractivity contribution is 6.00. The minimum absolute atomic E-state index is 0.251.